The maximum absolute atomic E-state index is 12.7. The molecule has 1 aliphatic heterocycles. The summed E-state index contributed by atoms with van der Waals surface area (Å²) >= 11 is 0. The van der Waals surface area contributed by atoms with Gasteiger partial charge in [0, 0.05) is 42.7 Å². The Labute approximate surface area is 158 Å². The summed E-state index contributed by atoms with van der Waals surface area (Å²) in [5.41, 5.74) is 2.89. The molecule has 1 amide bonds. The molecule has 4 rings (SSSR count). The second kappa shape index (κ2) is 7.92. The quantitative estimate of drug-likeness (QED) is 0.890. The number of aromatic nitrogens is 2. The third kappa shape index (κ3) is 4.03. The minimum absolute atomic E-state index is 0.0335. The highest BCUT2D eigenvalue weighted by Gasteiger charge is 2.27. The lowest BCUT2D eigenvalue weighted by Crippen LogP contribution is -2.38. The van der Waals surface area contributed by atoms with Crippen molar-refractivity contribution in [2.75, 3.05) is 43.6 Å². The van der Waals surface area contributed by atoms with E-state index < -0.39 is 0 Å². The van der Waals surface area contributed by atoms with Crippen molar-refractivity contribution in [3.8, 4) is 5.75 Å². The number of morpholine rings is 1. The molecule has 0 saturated carbocycles. The number of amides is 1. The first kappa shape index (κ1) is 17.7. The number of anilines is 2. The molecule has 7 heteroatoms. The maximum Gasteiger partial charge on any atom is 0.227 e. The van der Waals surface area contributed by atoms with Crippen LogP contribution in [0.4, 0.5) is 11.6 Å². The van der Waals surface area contributed by atoms with Crippen molar-refractivity contribution >= 4 is 17.5 Å². The summed E-state index contributed by atoms with van der Waals surface area (Å²) in [4.78, 5) is 24.1. The van der Waals surface area contributed by atoms with Gasteiger partial charge in [0.25, 0.3) is 0 Å². The molecule has 1 saturated heterocycles. The number of benzene rings is 1. The van der Waals surface area contributed by atoms with Crippen LogP contribution in [-0.2, 0) is 22.4 Å². The summed E-state index contributed by atoms with van der Waals surface area (Å²) in [7, 11) is 1.62. The Bertz CT molecular complexity index is 821. The Morgan fingerprint density at radius 3 is 3.00 bits per heavy atom. The number of fused-ring (bicyclic) bond motifs is 1. The minimum Gasteiger partial charge on any atom is -0.497 e. The first-order chi connectivity index (χ1) is 13.2. The number of nitrogens with zero attached hydrogens (tertiary/aromatic N) is 3. The molecule has 0 bridgehead atoms. The van der Waals surface area contributed by atoms with Crippen molar-refractivity contribution < 1.29 is 14.3 Å². The number of hydrogen-bond acceptors (Lipinski definition) is 6. The van der Waals surface area contributed by atoms with Gasteiger partial charge in [-0.05, 0) is 37.0 Å². The van der Waals surface area contributed by atoms with Gasteiger partial charge in [-0.25, -0.2) is 9.97 Å². The first-order valence-corrected chi connectivity index (χ1v) is 9.35. The Balaban J connectivity index is 1.42. The van der Waals surface area contributed by atoms with Gasteiger partial charge in [-0.1, -0.05) is 6.07 Å². The average molecular weight is 368 g/mol. The highest BCUT2D eigenvalue weighted by Crippen LogP contribution is 2.27. The van der Waals surface area contributed by atoms with Crippen LogP contribution < -0.4 is 15.0 Å². The molecule has 1 aliphatic carbocycles. The number of ether oxygens (including phenoxy) is 2. The van der Waals surface area contributed by atoms with Crippen molar-refractivity contribution in [3.63, 3.8) is 0 Å². The van der Waals surface area contributed by atoms with Crippen LogP contribution >= 0.6 is 0 Å². The van der Waals surface area contributed by atoms with Gasteiger partial charge in [-0.3, -0.25) is 4.79 Å². The van der Waals surface area contributed by atoms with Crippen LogP contribution in [-0.4, -0.2) is 49.3 Å². The van der Waals surface area contributed by atoms with Crippen molar-refractivity contribution in [2.45, 2.75) is 19.3 Å². The molecule has 27 heavy (non-hydrogen) atoms. The summed E-state index contributed by atoms with van der Waals surface area (Å²) in [5.74, 6) is 1.47. The van der Waals surface area contributed by atoms with Gasteiger partial charge in [-0.15, -0.1) is 0 Å². The molecule has 2 heterocycles. The van der Waals surface area contributed by atoms with E-state index in [2.05, 4.69) is 15.2 Å². The molecule has 142 valence electrons. The standard InChI is InChI=1S/C20H24N4O3/c1-26-17-4-2-3-16(12-17)22-19(25)14-5-6-18-15(11-14)13-21-20(23-18)24-7-9-27-10-8-24/h2-4,12-14H,5-11H2,1H3,(H,22,25)/t14-/m0/s1. The number of nitrogens with one attached hydrogen (secondary N) is 1. The predicted octanol–water partition coefficient (Wildman–Crippen LogP) is 2.07. The Morgan fingerprint density at radius 1 is 1.33 bits per heavy atom. The Kier molecular flexibility index (Phi) is 5.20. The van der Waals surface area contributed by atoms with Gasteiger partial charge >= 0.3 is 0 Å². The smallest absolute Gasteiger partial charge is 0.227 e. The van der Waals surface area contributed by atoms with E-state index in [1.54, 1.807) is 7.11 Å². The van der Waals surface area contributed by atoms with Gasteiger partial charge < -0.3 is 19.7 Å². The Hall–Kier alpha value is -2.67. The summed E-state index contributed by atoms with van der Waals surface area (Å²) in [6.45, 7) is 3.08. The van der Waals surface area contributed by atoms with E-state index >= 15 is 0 Å². The zero-order chi connectivity index (χ0) is 18.6. The summed E-state index contributed by atoms with van der Waals surface area (Å²) in [6, 6.07) is 7.42. The van der Waals surface area contributed by atoms with E-state index in [4.69, 9.17) is 14.5 Å². The van der Waals surface area contributed by atoms with E-state index in [-0.39, 0.29) is 11.8 Å². The van der Waals surface area contributed by atoms with Gasteiger partial charge in [0.1, 0.15) is 5.75 Å². The second-order valence-corrected chi connectivity index (χ2v) is 6.90. The van der Waals surface area contributed by atoms with E-state index in [1.165, 1.54) is 0 Å². The number of rotatable bonds is 4. The molecule has 1 aromatic heterocycles. The van der Waals surface area contributed by atoms with E-state index in [1.807, 2.05) is 30.5 Å². The first-order valence-electron chi connectivity index (χ1n) is 9.35. The van der Waals surface area contributed by atoms with Gasteiger partial charge in [0.15, 0.2) is 0 Å². The van der Waals surface area contributed by atoms with Crippen molar-refractivity contribution in [3.05, 3.63) is 41.7 Å². The summed E-state index contributed by atoms with van der Waals surface area (Å²) in [5, 5.41) is 3.00. The zero-order valence-corrected chi connectivity index (χ0v) is 15.5. The lowest BCUT2D eigenvalue weighted by atomic mass is 9.86. The molecule has 1 N–H and O–H groups in total. The van der Waals surface area contributed by atoms with Crippen molar-refractivity contribution in [1.29, 1.82) is 0 Å². The highest BCUT2D eigenvalue weighted by atomic mass is 16.5. The second-order valence-electron chi connectivity index (χ2n) is 6.90. The number of methoxy groups -OCH3 is 1. The van der Waals surface area contributed by atoms with E-state index in [0.717, 1.165) is 54.6 Å². The molecule has 2 aromatic rings. The van der Waals surface area contributed by atoms with Crippen LogP contribution in [0.3, 0.4) is 0 Å². The maximum atomic E-state index is 12.7. The zero-order valence-electron chi connectivity index (χ0n) is 15.5. The van der Waals surface area contributed by atoms with Gasteiger partial charge in [-0.2, -0.15) is 0 Å². The molecule has 0 spiro atoms. The predicted molar refractivity (Wildman–Crippen MR) is 102 cm³/mol. The Morgan fingerprint density at radius 2 is 2.19 bits per heavy atom. The fraction of sp³-hybridized carbons (Fsp3) is 0.450. The van der Waals surface area contributed by atoms with Crippen LogP contribution in [0.25, 0.3) is 0 Å². The van der Waals surface area contributed by atoms with Crippen LogP contribution in [0, 0.1) is 5.92 Å². The molecule has 0 radical (unpaired) electrons. The SMILES string of the molecule is COc1cccc(NC(=O)[C@H]2CCc3nc(N4CCOCC4)ncc3C2)c1. The molecule has 0 unspecified atom stereocenters. The number of hydrogen-bond donors (Lipinski definition) is 1. The topological polar surface area (TPSA) is 76.6 Å². The fourth-order valence-electron chi connectivity index (χ4n) is 3.58. The number of carbonyl (C=O) groups is 1. The van der Waals surface area contributed by atoms with Crippen molar-refractivity contribution in [1.82, 2.24) is 9.97 Å². The lowest BCUT2D eigenvalue weighted by molar-refractivity contribution is -0.120. The highest BCUT2D eigenvalue weighted by molar-refractivity contribution is 5.93. The largest absolute Gasteiger partial charge is 0.497 e. The van der Waals surface area contributed by atoms with Crippen molar-refractivity contribution in [2.24, 2.45) is 5.92 Å². The average Bonchev–Trinajstić information content (AvgIpc) is 2.73. The van der Waals surface area contributed by atoms with Crippen LogP contribution in [0.1, 0.15) is 17.7 Å². The minimum atomic E-state index is -0.0680. The molecule has 1 atom stereocenters. The monoisotopic (exact) mass is 368 g/mol. The molecule has 1 aromatic carbocycles. The summed E-state index contributed by atoms with van der Waals surface area (Å²) < 4.78 is 10.6. The molecular weight excluding hydrogens is 344 g/mol. The van der Waals surface area contributed by atoms with Gasteiger partial charge in [0.05, 0.1) is 20.3 Å². The lowest BCUT2D eigenvalue weighted by Gasteiger charge is -2.28. The van der Waals surface area contributed by atoms with Crippen LogP contribution in [0.5, 0.6) is 5.75 Å². The molecule has 7 nitrogen and oxygen atoms in total. The van der Waals surface area contributed by atoms with Crippen LogP contribution in [0.15, 0.2) is 30.5 Å². The molecular formula is C20H24N4O3. The van der Waals surface area contributed by atoms with E-state index in [0.29, 0.717) is 19.6 Å². The van der Waals surface area contributed by atoms with Crippen LogP contribution in [0.2, 0.25) is 0 Å². The van der Waals surface area contributed by atoms with Gasteiger partial charge in [0.2, 0.25) is 11.9 Å². The third-order valence-corrected chi connectivity index (χ3v) is 5.14. The number of carbonyl (C=O) groups excluding carboxylic acids is 1. The summed E-state index contributed by atoms with van der Waals surface area (Å²) in [6.07, 6.45) is 4.15. The van der Waals surface area contributed by atoms with E-state index in [9.17, 15) is 4.79 Å². The molecule has 2 aliphatic rings. The normalized spacial score (nSPS) is 19.3. The molecule has 1 fully saturated rings. The number of aryl methyl sites for hydroxylation is 1. The fourth-order valence-corrected chi connectivity index (χ4v) is 3.58. The third-order valence-electron chi connectivity index (χ3n) is 5.14.